The Bertz CT molecular complexity index is 160. The van der Waals surface area contributed by atoms with Crippen LogP contribution in [0, 0.1) is 5.41 Å². The minimum atomic E-state index is 0.366. The Kier molecular flexibility index (Phi) is 6.46. The van der Waals surface area contributed by atoms with Gasteiger partial charge in [0.1, 0.15) is 0 Å². The molecule has 0 aliphatic heterocycles. The van der Waals surface area contributed by atoms with Crippen molar-refractivity contribution < 1.29 is 0 Å². The van der Waals surface area contributed by atoms with Crippen molar-refractivity contribution in [3.8, 4) is 0 Å². The van der Waals surface area contributed by atoms with Gasteiger partial charge in [-0.1, -0.05) is 27.7 Å². The minimum Gasteiger partial charge on any atom is -0.313 e. The molecule has 0 aromatic carbocycles. The molecule has 2 heteroatoms. The van der Waals surface area contributed by atoms with Crippen LogP contribution in [0.5, 0.6) is 0 Å². The average Bonchev–Trinajstić information content (AvgIpc) is 2.14. The molecule has 2 nitrogen and oxygen atoms in total. The predicted octanol–water partition coefficient (Wildman–Crippen LogP) is 2.74. The largest absolute Gasteiger partial charge is 0.313 e. The van der Waals surface area contributed by atoms with Crippen molar-refractivity contribution in [1.82, 2.24) is 10.2 Å². The molecule has 0 saturated heterocycles. The van der Waals surface area contributed by atoms with E-state index in [9.17, 15) is 0 Å². The van der Waals surface area contributed by atoms with Gasteiger partial charge >= 0.3 is 0 Å². The quantitative estimate of drug-likeness (QED) is 0.731. The molecule has 0 aliphatic rings. The Morgan fingerprint density at radius 1 is 1.20 bits per heavy atom. The van der Waals surface area contributed by atoms with Gasteiger partial charge in [0, 0.05) is 25.2 Å². The highest BCUT2D eigenvalue weighted by atomic mass is 15.1. The van der Waals surface area contributed by atoms with Crippen LogP contribution in [0.3, 0.4) is 0 Å². The number of nitrogens with one attached hydrogen (secondary N) is 1. The highest BCUT2D eigenvalue weighted by Gasteiger charge is 2.23. The van der Waals surface area contributed by atoms with Gasteiger partial charge in [-0.15, -0.1) is 0 Å². The maximum atomic E-state index is 3.53. The van der Waals surface area contributed by atoms with Crippen molar-refractivity contribution in [2.24, 2.45) is 5.41 Å². The first-order chi connectivity index (χ1) is 6.79. The molecule has 0 fully saturated rings. The normalized spacial score (nSPS) is 16.8. The maximum Gasteiger partial charge on any atom is 0.0113 e. The lowest BCUT2D eigenvalue weighted by Crippen LogP contribution is -2.43. The van der Waals surface area contributed by atoms with E-state index in [0.717, 1.165) is 13.1 Å². The average molecular weight is 214 g/mol. The molecule has 0 radical (unpaired) electrons. The second-order valence-electron chi connectivity index (χ2n) is 5.79. The standard InChI is InChI=1S/C13H30N2/c1-8-11(2)14-9-10-15(7)12(3)13(4,5)6/h11-12,14H,8-10H2,1-7H3. The van der Waals surface area contributed by atoms with E-state index in [1.54, 1.807) is 0 Å². The molecule has 0 aromatic rings. The smallest absolute Gasteiger partial charge is 0.0113 e. The van der Waals surface area contributed by atoms with Crippen molar-refractivity contribution in [3.63, 3.8) is 0 Å². The molecule has 15 heavy (non-hydrogen) atoms. The monoisotopic (exact) mass is 214 g/mol. The van der Waals surface area contributed by atoms with Crippen LogP contribution in [0.2, 0.25) is 0 Å². The van der Waals surface area contributed by atoms with Crippen molar-refractivity contribution in [3.05, 3.63) is 0 Å². The van der Waals surface area contributed by atoms with Gasteiger partial charge in [0.2, 0.25) is 0 Å². The topological polar surface area (TPSA) is 15.3 Å². The molecule has 0 saturated carbocycles. The molecule has 0 bridgehead atoms. The van der Waals surface area contributed by atoms with Gasteiger partial charge in [0.05, 0.1) is 0 Å². The Hall–Kier alpha value is -0.0800. The van der Waals surface area contributed by atoms with Crippen LogP contribution in [-0.2, 0) is 0 Å². The summed E-state index contributed by atoms with van der Waals surface area (Å²) in [6.07, 6.45) is 1.21. The third kappa shape index (κ3) is 6.16. The maximum absolute atomic E-state index is 3.53. The van der Waals surface area contributed by atoms with Gasteiger partial charge in [0.25, 0.3) is 0 Å². The van der Waals surface area contributed by atoms with Gasteiger partial charge in [-0.2, -0.15) is 0 Å². The number of nitrogens with zero attached hydrogens (tertiary/aromatic N) is 1. The summed E-state index contributed by atoms with van der Waals surface area (Å²) in [5, 5.41) is 3.53. The lowest BCUT2D eigenvalue weighted by molar-refractivity contribution is 0.141. The van der Waals surface area contributed by atoms with Crippen LogP contribution in [0.25, 0.3) is 0 Å². The van der Waals surface area contributed by atoms with Crippen LogP contribution >= 0.6 is 0 Å². The fraction of sp³-hybridized carbons (Fsp3) is 1.00. The summed E-state index contributed by atoms with van der Waals surface area (Å²) in [6, 6.07) is 1.26. The Balaban J connectivity index is 3.79. The predicted molar refractivity (Wildman–Crippen MR) is 69.3 cm³/mol. The van der Waals surface area contributed by atoms with Gasteiger partial charge in [-0.05, 0) is 32.7 Å². The molecule has 0 amide bonds. The second-order valence-corrected chi connectivity index (χ2v) is 5.79. The summed E-state index contributed by atoms with van der Waals surface area (Å²) in [5.74, 6) is 0. The van der Waals surface area contributed by atoms with Crippen LogP contribution < -0.4 is 5.32 Å². The first-order valence-corrected chi connectivity index (χ1v) is 6.22. The molecule has 2 atom stereocenters. The highest BCUT2D eigenvalue weighted by molar-refractivity contribution is 4.77. The second kappa shape index (κ2) is 6.49. The van der Waals surface area contributed by atoms with E-state index in [1.165, 1.54) is 6.42 Å². The fourth-order valence-electron chi connectivity index (χ4n) is 1.49. The molecule has 2 unspecified atom stereocenters. The minimum absolute atomic E-state index is 0.366. The SMILES string of the molecule is CCC(C)NCCN(C)C(C)C(C)(C)C. The van der Waals surface area contributed by atoms with Gasteiger partial charge < -0.3 is 10.2 Å². The summed E-state index contributed by atoms with van der Waals surface area (Å²) in [7, 11) is 2.22. The Morgan fingerprint density at radius 2 is 1.73 bits per heavy atom. The van der Waals surface area contributed by atoms with Crippen LogP contribution in [0.4, 0.5) is 0 Å². The molecule has 0 rings (SSSR count). The molecule has 0 aromatic heterocycles. The number of hydrogen-bond donors (Lipinski definition) is 1. The molecule has 0 aliphatic carbocycles. The first kappa shape index (κ1) is 14.9. The summed E-state index contributed by atoms with van der Waals surface area (Å²) >= 11 is 0. The van der Waals surface area contributed by atoms with Crippen molar-refractivity contribution >= 4 is 0 Å². The number of likely N-dealkylation sites (N-methyl/N-ethyl adjacent to an activating group) is 1. The molecule has 92 valence electrons. The van der Waals surface area contributed by atoms with Crippen molar-refractivity contribution in [1.29, 1.82) is 0 Å². The zero-order valence-corrected chi connectivity index (χ0v) is 11.7. The zero-order chi connectivity index (χ0) is 12.1. The van der Waals surface area contributed by atoms with Crippen LogP contribution in [0.15, 0.2) is 0 Å². The van der Waals surface area contributed by atoms with E-state index in [-0.39, 0.29) is 0 Å². The van der Waals surface area contributed by atoms with Gasteiger partial charge in [-0.3, -0.25) is 0 Å². The first-order valence-electron chi connectivity index (χ1n) is 6.22. The Labute approximate surface area is 96.4 Å². The Morgan fingerprint density at radius 3 is 2.13 bits per heavy atom. The van der Waals surface area contributed by atoms with Crippen molar-refractivity contribution in [2.75, 3.05) is 20.1 Å². The van der Waals surface area contributed by atoms with E-state index in [1.807, 2.05) is 0 Å². The van der Waals surface area contributed by atoms with E-state index in [0.29, 0.717) is 17.5 Å². The summed E-state index contributed by atoms with van der Waals surface area (Å²) in [4.78, 5) is 2.44. The highest BCUT2D eigenvalue weighted by Crippen LogP contribution is 2.22. The lowest BCUT2D eigenvalue weighted by atomic mass is 9.87. The third-order valence-electron chi connectivity index (χ3n) is 3.48. The fourth-order valence-corrected chi connectivity index (χ4v) is 1.49. The summed E-state index contributed by atoms with van der Waals surface area (Å²) < 4.78 is 0. The van der Waals surface area contributed by atoms with Crippen LogP contribution in [0.1, 0.15) is 48.0 Å². The molecule has 0 heterocycles. The van der Waals surface area contributed by atoms with E-state index < -0.39 is 0 Å². The lowest BCUT2D eigenvalue weighted by Gasteiger charge is -2.35. The van der Waals surface area contributed by atoms with Crippen molar-refractivity contribution in [2.45, 2.75) is 60.0 Å². The molecular formula is C13H30N2. The zero-order valence-electron chi connectivity index (χ0n) is 11.7. The van der Waals surface area contributed by atoms with E-state index in [4.69, 9.17) is 0 Å². The summed E-state index contributed by atoms with van der Waals surface area (Å²) in [6.45, 7) is 15.9. The molecule has 1 N–H and O–H groups in total. The van der Waals surface area contributed by atoms with E-state index in [2.05, 4.69) is 58.8 Å². The number of hydrogen-bond acceptors (Lipinski definition) is 2. The van der Waals surface area contributed by atoms with Crippen LogP contribution in [-0.4, -0.2) is 37.1 Å². The molecular weight excluding hydrogens is 184 g/mol. The van der Waals surface area contributed by atoms with Gasteiger partial charge in [0.15, 0.2) is 0 Å². The third-order valence-corrected chi connectivity index (χ3v) is 3.48. The summed E-state index contributed by atoms with van der Waals surface area (Å²) in [5.41, 5.74) is 0.366. The van der Waals surface area contributed by atoms with Gasteiger partial charge in [-0.25, -0.2) is 0 Å². The molecule has 0 spiro atoms. The number of rotatable bonds is 6. The van der Waals surface area contributed by atoms with E-state index >= 15 is 0 Å².